The average Bonchev–Trinajstić information content (AvgIpc) is 1.79. The lowest BCUT2D eigenvalue weighted by Gasteiger charge is -2.30. The van der Waals surface area contributed by atoms with Crippen LogP contribution in [0, 0.1) is 10.8 Å². The second kappa shape index (κ2) is 4.37. The molecule has 1 atom stereocenters. The third kappa shape index (κ3) is 6.06. The molecule has 0 saturated heterocycles. The maximum absolute atomic E-state index is 4.08. The summed E-state index contributed by atoms with van der Waals surface area (Å²) in [5.74, 6) is 0. The first-order valence-corrected chi connectivity index (χ1v) is 5.48. The third-order valence-electron chi connectivity index (χ3n) is 2.24. The van der Waals surface area contributed by atoms with Crippen molar-refractivity contribution in [1.29, 1.82) is 0 Å². The first-order valence-electron chi connectivity index (χ1n) is 5.48. The van der Waals surface area contributed by atoms with Gasteiger partial charge in [0.05, 0.1) is 0 Å². The molecular formula is C13H27N. The van der Waals surface area contributed by atoms with Crippen molar-refractivity contribution in [1.82, 2.24) is 5.32 Å². The molecule has 1 nitrogen and oxygen atoms in total. The molecule has 0 aliphatic heterocycles. The molecule has 1 N–H and O–H groups in total. The van der Waals surface area contributed by atoms with Crippen LogP contribution in [0.25, 0.3) is 0 Å². The SMILES string of the molecule is C=C(NC(C)CC(C)(C)C)C(C)(C)C. The van der Waals surface area contributed by atoms with Gasteiger partial charge >= 0.3 is 0 Å². The van der Waals surface area contributed by atoms with E-state index in [1.807, 2.05) is 0 Å². The Labute approximate surface area is 90.0 Å². The zero-order valence-corrected chi connectivity index (χ0v) is 11.0. The second-order valence-corrected chi connectivity index (χ2v) is 6.54. The zero-order chi connectivity index (χ0) is 11.6. The summed E-state index contributed by atoms with van der Waals surface area (Å²) >= 11 is 0. The van der Waals surface area contributed by atoms with E-state index >= 15 is 0 Å². The van der Waals surface area contributed by atoms with Crippen molar-refractivity contribution in [2.75, 3.05) is 0 Å². The van der Waals surface area contributed by atoms with Crippen LogP contribution >= 0.6 is 0 Å². The molecule has 1 unspecified atom stereocenters. The van der Waals surface area contributed by atoms with Crippen molar-refractivity contribution in [2.24, 2.45) is 10.8 Å². The van der Waals surface area contributed by atoms with Gasteiger partial charge in [0.1, 0.15) is 0 Å². The molecule has 1 heteroatoms. The van der Waals surface area contributed by atoms with Crippen LogP contribution in [-0.2, 0) is 0 Å². The van der Waals surface area contributed by atoms with E-state index in [1.54, 1.807) is 0 Å². The maximum atomic E-state index is 4.08. The van der Waals surface area contributed by atoms with Gasteiger partial charge in [-0.2, -0.15) is 0 Å². The Morgan fingerprint density at radius 1 is 1.14 bits per heavy atom. The fraction of sp³-hybridized carbons (Fsp3) is 0.846. The Kier molecular flexibility index (Phi) is 4.23. The van der Waals surface area contributed by atoms with E-state index in [0.717, 1.165) is 5.70 Å². The van der Waals surface area contributed by atoms with Gasteiger partial charge in [-0.05, 0) is 18.8 Å². The number of rotatable bonds is 3. The van der Waals surface area contributed by atoms with Gasteiger partial charge < -0.3 is 5.32 Å². The topological polar surface area (TPSA) is 12.0 Å². The van der Waals surface area contributed by atoms with E-state index in [4.69, 9.17) is 0 Å². The standard InChI is InChI=1S/C13H27N/c1-10(9-12(3,4)5)14-11(2)13(6,7)8/h10,14H,2,9H2,1,3-8H3. The van der Waals surface area contributed by atoms with E-state index < -0.39 is 0 Å². The van der Waals surface area contributed by atoms with Crippen LogP contribution in [0.4, 0.5) is 0 Å². The summed E-state index contributed by atoms with van der Waals surface area (Å²) in [5, 5.41) is 3.48. The highest BCUT2D eigenvalue weighted by molar-refractivity contribution is 5.03. The van der Waals surface area contributed by atoms with Gasteiger partial charge in [-0.25, -0.2) is 0 Å². The molecule has 0 amide bonds. The van der Waals surface area contributed by atoms with E-state index in [1.165, 1.54) is 6.42 Å². The van der Waals surface area contributed by atoms with Gasteiger partial charge in [0.2, 0.25) is 0 Å². The highest BCUT2D eigenvalue weighted by Gasteiger charge is 2.19. The smallest absolute Gasteiger partial charge is 0.0234 e. The zero-order valence-electron chi connectivity index (χ0n) is 11.0. The van der Waals surface area contributed by atoms with Crippen molar-refractivity contribution in [3.05, 3.63) is 12.3 Å². The molecule has 0 aliphatic carbocycles. The lowest BCUT2D eigenvalue weighted by Crippen LogP contribution is -2.33. The highest BCUT2D eigenvalue weighted by Crippen LogP contribution is 2.25. The molecule has 0 radical (unpaired) electrons. The molecule has 0 bridgehead atoms. The van der Waals surface area contributed by atoms with Crippen molar-refractivity contribution in [3.8, 4) is 0 Å². The Morgan fingerprint density at radius 2 is 1.57 bits per heavy atom. The summed E-state index contributed by atoms with van der Waals surface area (Å²) in [7, 11) is 0. The molecule has 0 heterocycles. The van der Waals surface area contributed by atoms with E-state index in [9.17, 15) is 0 Å². The first kappa shape index (κ1) is 13.5. The van der Waals surface area contributed by atoms with Crippen LogP contribution in [0.1, 0.15) is 54.9 Å². The monoisotopic (exact) mass is 197 g/mol. The van der Waals surface area contributed by atoms with E-state index in [-0.39, 0.29) is 5.41 Å². The van der Waals surface area contributed by atoms with Crippen LogP contribution in [-0.4, -0.2) is 6.04 Å². The summed E-state index contributed by atoms with van der Waals surface area (Å²) in [6, 6.07) is 0.502. The molecule has 0 saturated carbocycles. The predicted octanol–water partition coefficient (Wildman–Crippen LogP) is 3.96. The summed E-state index contributed by atoms with van der Waals surface area (Å²) in [4.78, 5) is 0. The third-order valence-corrected chi connectivity index (χ3v) is 2.24. The molecule has 0 aromatic rings. The van der Waals surface area contributed by atoms with Crippen molar-refractivity contribution < 1.29 is 0 Å². The van der Waals surface area contributed by atoms with Gasteiger partial charge in [0, 0.05) is 17.2 Å². The lowest BCUT2D eigenvalue weighted by atomic mass is 9.87. The van der Waals surface area contributed by atoms with E-state index in [0.29, 0.717) is 11.5 Å². The molecule has 0 aliphatic rings. The summed E-state index contributed by atoms with van der Waals surface area (Å²) in [5.41, 5.74) is 1.67. The quantitative estimate of drug-likeness (QED) is 0.722. The first-order chi connectivity index (χ1) is 6.02. The van der Waals surface area contributed by atoms with Crippen LogP contribution in [0.5, 0.6) is 0 Å². The van der Waals surface area contributed by atoms with E-state index in [2.05, 4.69) is 60.4 Å². The van der Waals surface area contributed by atoms with Crippen molar-refractivity contribution >= 4 is 0 Å². The van der Waals surface area contributed by atoms with Crippen LogP contribution in [0.15, 0.2) is 12.3 Å². The molecule has 14 heavy (non-hydrogen) atoms. The number of nitrogens with one attached hydrogen (secondary N) is 1. The van der Waals surface area contributed by atoms with Crippen LogP contribution in [0.2, 0.25) is 0 Å². The van der Waals surface area contributed by atoms with Gasteiger partial charge in [-0.3, -0.25) is 0 Å². The number of hydrogen-bond acceptors (Lipinski definition) is 1. The van der Waals surface area contributed by atoms with Crippen molar-refractivity contribution in [3.63, 3.8) is 0 Å². The van der Waals surface area contributed by atoms with Gasteiger partial charge in [0.15, 0.2) is 0 Å². The normalized spacial score (nSPS) is 15.1. The average molecular weight is 197 g/mol. The Balaban J connectivity index is 4.09. The maximum Gasteiger partial charge on any atom is 0.0234 e. The molecule has 0 aromatic heterocycles. The minimum atomic E-state index is 0.159. The Bertz CT molecular complexity index is 190. The molecule has 0 aromatic carbocycles. The fourth-order valence-electron chi connectivity index (χ4n) is 1.48. The predicted molar refractivity (Wildman–Crippen MR) is 65.3 cm³/mol. The molecule has 84 valence electrons. The molecule has 0 rings (SSSR count). The van der Waals surface area contributed by atoms with Gasteiger partial charge in [-0.15, -0.1) is 0 Å². The van der Waals surface area contributed by atoms with Crippen molar-refractivity contribution in [2.45, 2.75) is 60.9 Å². The minimum absolute atomic E-state index is 0.159. The highest BCUT2D eigenvalue weighted by atomic mass is 14.9. The van der Waals surface area contributed by atoms with Gasteiger partial charge in [0.25, 0.3) is 0 Å². The molecule has 0 fully saturated rings. The number of hydrogen-bond donors (Lipinski definition) is 1. The summed E-state index contributed by atoms with van der Waals surface area (Å²) in [6.07, 6.45) is 1.17. The lowest BCUT2D eigenvalue weighted by molar-refractivity contribution is 0.316. The minimum Gasteiger partial charge on any atom is -0.386 e. The molecular weight excluding hydrogens is 170 g/mol. The Morgan fingerprint density at radius 3 is 1.86 bits per heavy atom. The summed E-state index contributed by atoms with van der Waals surface area (Å²) in [6.45, 7) is 19.7. The Hall–Kier alpha value is -0.460. The fourth-order valence-corrected chi connectivity index (χ4v) is 1.48. The number of allylic oxidation sites excluding steroid dienone is 1. The van der Waals surface area contributed by atoms with Crippen LogP contribution in [0.3, 0.4) is 0 Å². The molecule has 0 spiro atoms. The second-order valence-electron chi connectivity index (χ2n) is 6.54. The largest absolute Gasteiger partial charge is 0.386 e. The van der Waals surface area contributed by atoms with Crippen LogP contribution < -0.4 is 5.32 Å². The summed E-state index contributed by atoms with van der Waals surface area (Å²) < 4.78 is 0. The van der Waals surface area contributed by atoms with Gasteiger partial charge in [-0.1, -0.05) is 48.1 Å².